The van der Waals surface area contributed by atoms with Crippen LogP contribution in [0.4, 0.5) is 0 Å². The summed E-state index contributed by atoms with van der Waals surface area (Å²) in [5.74, 6) is -0.710. The molecule has 5 heteroatoms. The van der Waals surface area contributed by atoms with Gasteiger partial charge in [-0.05, 0) is 0 Å². The molecule has 0 bridgehead atoms. The normalized spacial score (nSPS) is 10.9. The second-order valence-electron chi connectivity index (χ2n) is 2.43. The van der Waals surface area contributed by atoms with Gasteiger partial charge in [-0.2, -0.15) is 0 Å². The maximum absolute atomic E-state index is 11.1. The van der Waals surface area contributed by atoms with Crippen LogP contribution in [0.25, 0.3) is 0 Å². The van der Waals surface area contributed by atoms with Crippen molar-refractivity contribution in [3.8, 4) is 0 Å². The zero-order valence-corrected chi connectivity index (χ0v) is 7.60. The monoisotopic (exact) mass is 194 g/mol. The molecule has 1 aromatic carbocycles. The molecule has 1 aromatic rings. The van der Waals surface area contributed by atoms with E-state index in [1.807, 2.05) is 6.07 Å². The van der Waals surface area contributed by atoms with Gasteiger partial charge >= 0.3 is 0 Å². The van der Waals surface area contributed by atoms with Crippen molar-refractivity contribution in [3.05, 3.63) is 35.9 Å². The number of nitrogens with zero attached hydrogens (tertiary/aromatic N) is 1. The third-order valence-corrected chi connectivity index (χ3v) is 1.55. The van der Waals surface area contributed by atoms with Gasteiger partial charge in [0.25, 0.3) is 5.91 Å². The van der Waals surface area contributed by atoms with E-state index in [1.165, 1.54) is 12.6 Å². The minimum atomic E-state index is -0.710. The van der Waals surface area contributed by atoms with Crippen LogP contribution in [0, 0.1) is 0 Å². The Kier molecular flexibility index (Phi) is 3.63. The van der Waals surface area contributed by atoms with Gasteiger partial charge in [0.1, 0.15) is 7.11 Å². The zero-order valence-electron chi connectivity index (χ0n) is 7.60. The van der Waals surface area contributed by atoms with Crippen molar-refractivity contribution < 1.29 is 14.8 Å². The van der Waals surface area contributed by atoms with Crippen LogP contribution >= 0.6 is 0 Å². The van der Waals surface area contributed by atoms with E-state index in [1.54, 1.807) is 24.3 Å². The van der Waals surface area contributed by atoms with Gasteiger partial charge in [-0.1, -0.05) is 35.5 Å². The Balaban J connectivity index is 3.02. The molecule has 74 valence electrons. The van der Waals surface area contributed by atoms with Crippen molar-refractivity contribution in [1.29, 1.82) is 0 Å². The van der Waals surface area contributed by atoms with Gasteiger partial charge in [0.05, 0.1) is 0 Å². The maximum Gasteiger partial charge on any atom is 0.297 e. The van der Waals surface area contributed by atoms with Gasteiger partial charge in [0, 0.05) is 5.56 Å². The van der Waals surface area contributed by atoms with E-state index in [9.17, 15) is 4.79 Å². The van der Waals surface area contributed by atoms with Crippen LogP contribution in [-0.4, -0.2) is 23.9 Å². The molecule has 5 nitrogen and oxygen atoms in total. The summed E-state index contributed by atoms with van der Waals surface area (Å²) in [6, 6.07) is 8.70. The van der Waals surface area contributed by atoms with Crippen LogP contribution in [0.3, 0.4) is 0 Å². The summed E-state index contributed by atoms with van der Waals surface area (Å²) in [5.41, 5.74) is 2.09. The third-order valence-electron chi connectivity index (χ3n) is 1.55. The number of rotatable bonds is 3. The molecule has 0 aromatic heterocycles. The average molecular weight is 194 g/mol. The molecule has 14 heavy (non-hydrogen) atoms. The highest BCUT2D eigenvalue weighted by Crippen LogP contribution is 2.01. The quantitative estimate of drug-likeness (QED) is 0.419. The van der Waals surface area contributed by atoms with Crippen LogP contribution in [0.2, 0.25) is 0 Å². The fourth-order valence-electron chi connectivity index (χ4n) is 0.966. The number of oxime groups is 1. The Bertz CT molecular complexity index is 335. The van der Waals surface area contributed by atoms with E-state index in [0.29, 0.717) is 5.56 Å². The molecule has 0 saturated carbocycles. The van der Waals surface area contributed by atoms with E-state index < -0.39 is 5.91 Å². The van der Waals surface area contributed by atoms with Gasteiger partial charge in [-0.15, -0.1) is 0 Å². The third kappa shape index (κ3) is 2.30. The lowest BCUT2D eigenvalue weighted by Gasteiger charge is -2.02. The van der Waals surface area contributed by atoms with E-state index in [0.717, 1.165) is 0 Å². The lowest BCUT2D eigenvalue weighted by atomic mass is 10.1. The van der Waals surface area contributed by atoms with Crippen LogP contribution in [0.1, 0.15) is 5.56 Å². The van der Waals surface area contributed by atoms with Crippen molar-refractivity contribution in [2.75, 3.05) is 7.11 Å². The molecule has 0 saturated heterocycles. The summed E-state index contributed by atoms with van der Waals surface area (Å²) >= 11 is 0. The Morgan fingerprint density at radius 1 is 1.43 bits per heavy atom. The first-order valence-electron chi connectivity index (χ1n) is 3.90. The number of nitrogens with one attached hydrogen (secondary N) is 1. The molecule has 2 N–H and O–H groups in total. The number of hydrogen-bond donors (Lipinski definition) is 2. The molecule has 1 rings (SSSR count). The van der Waals surface area contributed by atoms with Crippen LogP contribution in [-0.2, 0) is 9.63 Å². The smallest absolute Gasteiger partial charge is 0.297 e. The molecule has 0 unspecified atom stereocenters. The first kappa shape index (κ1) is 10.2. The van der Waals surface area contributed by atoms with E-state index in [2.05, 4.69) is 9.99 Å². The summed E-state index contributed by atoms with van der Waals surface area (Å²) in [4.78, 5) is 15.6. The van der Waals surface area contributed by atoms with Crippen molar-refractivity contribution >= 4 is 11.6 Å². The molecule has 0 radical (unpaired) electrons. The molecule has 0 aliphatic heterocycles. The van der Waals surface area contributed by atoms with E-state index in [4.69, 9.17) is 5.21 Å². The molecule has 1 amide bonds. The minimum absolute atomic E-state index is 0.0237. The highest BCUT2D eigenvalue weighted by atomic mass is 16.6. The second kappa shape index (κ2) is 4.98. The molecule has 0 aliphatic carbocycles. The fraction of sp³-hybridized carbons (Fsp3) is 0.111. The largest absolute Gasteiger partial charge is 0.398 e. The minimum Gasteiger partial charge on any atom is -0.398 e. The van der Waals surface area contributed by atoms with E-state index >= 15 is 0 Å². The van der Waals surface area contributed by atoms with Crippen molar-refractivity contribution in [2.45, 2.75) is 0 Å². The molecular weight excluding hydrogens is 184 g/mol. The standard InChI is InChI=1S/C9H10N2O3/c1-14-11-8(9(12)10-13)7-5-3-2-4-6-7/h2-6,13H,1H3,(H,10,12). The Morgan fingerprint density at radius 2 is 2.07 bits per heavy atom. The Hall–Kier alpha value is -1.88. The number of benzene rings is 1. The summed E-state index contributed by atoms with van der Waals surface area (Å²) < 4.78 is 0. The molecule has 0 heterocycles. The lowest BCUT2D eigenvalue weighted by molar-refractivity contribution is -0.122. The number of amides is 1. The lowest BCUT2D eigenvalue weighted by Crippen LogP contribution is -2.29. The number of hydrogen-bond acceptors (Lipinski definition) is 4. The molecule has 0 atom stereocenters. The average Bonchev–Trinajstić information content (AvgIpc) is 2.26. The number of hydroxylamine groups is 1. The number of carbonyl (C=O) groups is 1. The summed E-state index contributed by atoms with van der Waals surface area (Å²) in [7, 11) is 1.33. The molecule has 0 fully saturated rings. The van der Waals surface area contributed by atoms with Gasteiger partial charge in [-0.25, -0.2) is 5.48 Å². The highest BCUT2D eigenvalue weighted by molar-refractivity contribution is 6.44. The number of carbonyl (C=O) groups excluding carboxylic acids is 1. The van der Waals surface area contributed by atoms with E-state index in [-0.39, 0.29) is 5.71 Å². The van der Waals surface area contributed by atoms with Gasteiger partial charge < -0.3 is 4.84 Å². The van der Waals surface area contributed by atoms with Gasteiger partial charge in [0.15, 0.2) is 5.71 Å². The molecular formula is C9H10N2O3. The summed E-state index contributed by atoms with van der Waals surface area (Å²) in [5, 5.41) is 12.0. The zero-order chi connectivity index (χ0) is 10.4. The summed E-state index contributed by atoms with van der Waals surface area (Å²) in [6.07, 6.45) is 0. The fourth-order valence-corrected chi connectivity index (χ4v) is 0.966. The van der Waals surface area contributed by atoms with Crippen molar-refractivity contribution in [1.82, 2.24) is 5.48 Å². The van der Waals surface area contributed by atoms with Crippen LogP contribution < -0.4 is 5.48 Å². The predicted molar refractivity (Wildman–Crippen MR) is 49.9 cm³/mol. The summed E-state index contributed by atoms with van der Waals surface area (Å²) in [6.45, 7) is 0. The Morgan fingerprint density at radius 3 is 2.57 bits per heavy atom. The predicted octanol–water partition coefficient (Wildman–Crippen LogP) is 0.542. The topological polar surface area (TPSA) is 70.9 Å². The first-order chi connectivity index (χ1) is 6.79. The Labute approximate surface area is 80.9 Å². The van der Waals surface area contributed by atoms with Gasteiger partial charge in [0.2, 0.25) is 0 Å². The maximum atomic E-state index is 11.1. The van der Waals surface area contributed by atoms with Gasteiger partial charge in [-0.3, -0.25) is 10.0 Å². The van der Waals surface area contributed by atoms with Crippen molar-refractivity contribution in [3.63, 3.8) is 0 Å². The first-order valence-corrected chi connectivity index (χ1v) is 3.90. The van der Waals surface area contributed by atoms with Crippen molar-refractivity contribution in [2.24, 2.45) is 5.16 Å². The molecule has 0 aliphatic rings. The highest BCUT2D eigenvalue weighted by Gasteiger charge is 2.13. The van der Waals surface area contributed by atoms with Crippen LogP contribution in [0.15, 0.2) is 35.5 Å². The SMILES string of the molecule is CON=C(C(=O)NO)c1ccccc1. The second-order valence-corrected chi connectivity index (χ2v) is 2.43. The molecule has 0 spiro atoms. The van der Waals surface area contributed by atoms with Crippen LogP contribution in [0.5, 0.6) is 0 Å².